The second-order valence-electron chi connectivity index (χ2n) is 6.20. The van der Waals surface area contributed by atoms with Crippen molar-refractivity contribution in [3.63, 3.8) is 0 Å². The van der Waals surface area contributed by atoms with Gasteiger partial charge in [-0.1, -0.05) is 6.07 Å². The SMILES string of the molecule is Cn1ncc2c(N)nc(N[C@@H](c3ccccn3)C3CC(O)C3)nc21. The number of nitrogen functional groups attached to an aromatic ring is 1. The predicted molar refractivity (Wildman–Crippen MR) is 90.0 cm³/mol. The second-order valence-corrected chi connectivity index (χ2v) is 6.20. The molecule has 3 aromatic rings. The first kappa shape index (κ1) is 14.8. The number of hydrogen-bond acceptors (Lipinski definition) is 7. The summed E-state index contributed by atoms with van der Waals surface area (Å²) < 4.78 is 1.67. The van der Waals surface area contributed by atoms with Crippen LogP contribution in [-0.2, 0) is 7.05 Å². The first-order valence-electron chi connectivity index (χ1n) is 7.92. The Morgan fingerprint density at radius 2 is 2.17 bits per heavy atom. The Morgan fingerprint density at radius 1 is 1.33 bits per heavy atom. The van der Waals surface area contributed by atoms with Crippen LogP contribution in [0.25, 0.3) is 11.0 Å². The van der Waals surface area contributed by atoms with Gasteiger partial charge >= 0.3 is 0 Å². The normalized spacial score (nSPS) is 21.4. The number of fused-ring (bicyclic) bond motifs is 1. The molecule has 0 saturated heterocycles. The molecule has 4 N–H and O–H groups in total. The quantitative estimate of drug-likeness (QED) is 0.661. The van der Waals surface area contributed by atoms with Gasteiger partial charge in [-0.2, -0.15) is 15.1 Å². The minimum atomic E-state index is -0.242. The molecular formula is C16H19N7O. The highest BCUT2D eigenvalue weighted by Gasteiger charge is 2.36. The lowest BCUT2D eigenvalue weighted by Crippen LogP contribution is -2.36. The Balaban J connectivity index is 1.68. The summed E-state index contributed by atoms with van der Waals surface area (Å²) >= 11 is 0. The van der Waals surface area contributed by atoms with Crippen LogP contribution < -0.4 is 11.1 Å². The van der Waals surface area contributed by atoms with Gasteiger partial charge in [-0.3, -0.25) is 9.67 Å². The van der Waals surface area contributed by atoms with Gasteiger partial charge in [0.1, 0.15) is 5.82 Å². The third-order valence-corrected chi connectivity index (χ3v) is 4.53. The Bertz CT molecular complexity index is 857. The molecule has 4 rings (SSSR count). The molecule has 0 unspecified atom stereocenters. The molecule has 0 amide bonds. The molecule has 0 bridgehead atoms. The van der Waals surface area contributed by atoms with Crippen molar-refractivity contribution in [2.45, 2.75) is 25.0 Å². The maximum absolute atomic E-state index is 9.66. The fourth-order valence-corrected chi connectivity index (χ4v) is 3.14. The number of nitrogens with zero attached hydrogens (tertiary/aromatic N) is 5. The average molecular weight is 325 g/mol. The van der Waals surface area contributed by atoms with Gasteiger partial charge < -0.3 is 16.2 Å². The van der Waals surface area contributed by atoms with E-state index in [1.807, 2.05) is 25.2 Å². The van der Waals surface area contributed by atoms with Crippen molar-refractivity contribution >= 4 is 22.8 Å². The van der Waals surface area contributed by atoms with Crippen LogP contribution in [0.3, 0.4) is 0 Å². The van der Waals surface area contributed by atoms with Crippen molar-refractivity contribution in [3.8, 4) is 0 Å². The van der Waals surface area contributed by atoms with E-state index < -0.39 is 0 Å². The van der Waals surface area contributed by atoms with Crippen molar-refractivity contribution in [3.05, 3.63) is 36.3 Å². The van der Waals surface area contributed by atoms with Gasteiger partial charge in [0.15, 0.2) is 5.65 Å². The van der Waals surface area contributed by atoms with Crippen LogP contribution >= 0.6 is 0 Å². The van der Waals surface area contributed by atoms with Crippen molar-refractivity contribution in [1.29, 1.82) is 0 Å². The lowest BCUT2D eigenvalue weighted by Gasteiger charge is -2.37. The summed E-state index contributed by atoms with van der Waals surface area (Å²) in [7, 11) is 1.82. The van der Waals surface area contributed by atoms with E-state index in [4.69, 9.17) is 5.73 Å². The van der Waals surface area contributed by atoms with E-state index in [1.54, 1.807) is 17.1 Å². The van der Waals surface area contributed by atoms with Gasteiger partial charge in [-0.15, -0.1) is 0 Å². The zero-order valence-corrected chi connectivity index (χ0v) is 13.3. The van der Waals surface area contributed by atoms with Crippen LogP contribution in [0.5, 0.6) is 0 Å². The number of aliphatic hydroxyl groups is 1. The minimum Gasteiger partial charge on any atom is -0.393 e. The lowest BCUT2D eigenvalue weighted by atomic mass is 9.76. The first-order chi connectivity index (χ1) is 11.6. The molecule has 0 spiro atoms. The highest BCUT2D eigenvalue weighted by atomic mass is 16.3. The molecule has 1 aliphatic carbocycles. The highest BCUT2D eigenvalue weighted by Crippen LogP contribution is 2.39. The van der Waals surface area contributed by atoms with Crippen LogP contribution in [-0.4, -0.2) is 35.9 Å². The molecule has 8 heteroatoms. The number of nitrogens with two attached hydrogens (primary N) is 1. The maximum atomic E-state index is 9.66. The molecular weight excluding hydrogens is 306 g/mol. The van der Waals surface area contributed by atoms with Crippen molar-refractivity contribution in [1.82, 2.24) is 24.7 Å². The molecule has 3 heterocycles. The number of pyridine rings is 1. The molecule has 0 aliphatic heterocycles. The Labute approximate surface area is 138 Å². The predicted octanol–water partition coefficient (Wildman–Crippen LogP) is 1.26. The number of hydrogen-bond donors (Lipinski definition) is 3. The molecule has 1 saturated carbocycles. The van der Waals surface area contributed by atoms with Gasteiger partial charge in [-0.05, 0) is 30.9 Å². The van der Waals surface area contributed by atoms with Crippen LogP contribution in [0.2, 0.25) is 0 Å². The van der Waals surface area contributed by atoms with E-state index in [0.717, 1.165) is 23.9 Å². The van der Waals surface area contributed by atoms with Gasteiger partial charge in [-0.25, -0.2) is 0 Å². The molecule has 124 valence electrons. The first-order valence-corrected chi connectivity index (χ1v) is 7.92. The fraction of sp³-hybridized carbons (Fsp3) is 0.375. The summed E-state index contributed by atoms with van der Waals surface area (Å²) in [6.45, 7) is 0. The van der Waals surface area contributed by atoms with Gasteiger partial charge in [0.2, 0.25) is 5.95 Å². The number of aromatic nitrogens is 5. The van der Waals surface area contributed by atoms with Crippen LogP contribution in [0.4, 0.5) is 11.8 Å². The number of nitrogens with one attached hydrogen (secondary N) is 1. The molecule has 8 nitrogen and oxygen atoms in total. The van der Waals surface area contributed by atoms with Crippen LogP contribution in [0.1, 0.15) is 24.6 Å². The standard InChI is InChI=1S/C16H19N7O/c1-23-15-11(8-19-23)14(17)21-16(22-15)20-13(9-6-10(24)7-9)12-4-2-3-5-18-12/h2-5,8-10,13,24H,6-7H2,1H3,(H3,17,20,21,22)/t9?,10?,13-/m1/s1. The minimum absolute atomic E-state index is 0.0697. The monoisotopic (exact) mass is 325 g/mol. The van der Waals surface area contributed by atoms with E-state index in [1.165, 1.54) is 0 Å². The summed E-state index contributed by atoms with van der Waals surface area (Å²) in [4.78, 5) is 13.3. The second kappa shape index (κ2) is 5.72. The number of aryl methyl sites for hydroxylation is 1. The Kier molecular flexibility index (Phi) is 3.53. The fourth-order valence-electron chi connectivity index (χ4n) is 3.14. The molecule has 0 aromatic carbocycles. The lowest BCUT2D eigenvalue weighted by molar-refractivity contribution is 0.0333. The van der Waals surface area contributed by atoms with Crippen LogP contribution in [0, 0.1) is 5.92 Å². The van der Waals surface area contributed by atoms with E-state index in [0.29, 0.717) is 17.4 Å². The highest BCUT2D eigenvalue weighted by molar-refractivity contribution is 5.86. The molecule has 1 aliphatic rings. The van der Waals surface area contributed by atoms with Gasteiger partial charge in [0.05, 0.1) is 29.4 Å². The Morgan fingerprint density at radius 3 is 2.88 bits per heavy atom. The molecule has 0 radical (unpaired) electrons. The van der Waals surface area contributed by atoms with Crippen molar-refractivity contribution in [2.24, 2.45) is 13.0 Å². The number of rotatable bonds is 4. The largest absolute Gasteiger partial charge is 0.393 e. The zero-order chi connectivity index (χ0) is 16.7. The smallest absolute Gasteiger partial charge is 0.227 e. The maximum Gasteiger partial charge on any atom is 0.227 e. The zero-order valence-electron chi connectivity index (χ0n) is 13.3. The number of aliphatic hydroxyl groups excluding tert-OH is 1. The van der Waals surface area contributed by atoms with Crippen molar-refractivity contribution in [2.75, 3.05) is 11.1 Å². The van der Waals surface area contributed by atoms with E-state index >= 15 is 0 Å². The third-order valence-electron chi connectivity index (χ3n) is 4.53. The molecule has 24 heavy (non-hydrogen) atoms. The van der Waals surface area contributed by atoms with E-state index in [2.05, 4.69) is 25.4 Å². The molecule has 1 atom stereocenters. The topological polar surface area (TPSA) is 115 Å². The summed E-state index contributed by atoms with van der Waals surface area (Å²) in [5.74, 6) is 1.12. The van der Waals surface area contributed by atoms with Crippen LogP contribution in [0.15, 0.2) is 30.6 Å². The average Bonchev–Trinajstić information content (AvgIpc) is 2.93. The molecule has 3 aromatic heterocycles. The Hall–Kier alpha value is -2.74. The van der Waals surface area contributed by atoms with E-state index in [-0.39, 0.29) is 18.1 Å². The van der Waals surface area contributed by atoms with E-state index in [9.17, 15) is 5.11 Å². The summed E-state index contributed by atoms with van der Waals surface area (Å²) in [5.41, 5.74) is 7.61. The van der Waals surface area contributed by atoms with Gasteiger partial charge in [0, 0.05) is 13.2 Å². The summed E-state index contributed by atoms with van der Waals surface area (Å²) in [6.07, 6.45) is 4.65. The number of anilines is 2. The van der Waals surface area contributed by atoms with Gasteiger partial charge in [0.25, 0.3) is 0 Å². The van der Waals surface area contributed by atoms with Crippen molar-refractivity contribution < 1.29 is 5.11 Å². The third kappa shape index (κ3) is 2.54. The summed E-state index contributed by atoms with van der Waals surface area (Å²) in [6, 6.07) is 5.73. The molecule has 1 fully saturated rings. The summed E-state index contributed by atoms with van der Waals surface area (Å²) in [5, 5.41) is 17.9.